The van der Waals surface area contributed by atoms with E-state index in [0.29, 0.717) is 6.42 Å². The van der Waals surface area contributed by atoms with Gasteiger partial charge in [0.2, 0.25) is 0 Å². The zero-order chi connectivity index (χ0) is 11.0. The van der Waals surface area contributed by atoms with Gasteiger partial charge in [-0.05, 0) is 0 Å². The molecule has 6 heteroatoms. The molecule has 15 heavy (non-hydrogen) atoms. The first kappa shape index (κ1) is 9.85. The Morgan fingerprint density at radius 1 is 1.60 bits per heavy atom. The smallest absolute Gasteiger partial charge is 0.350 e. The van der Waals surface area contributed by atoms with Crippen LogP contribution >= 0.6 is 0 Å². The predicted molar refractivity (Wildman–Crippen MR) is 51.7 cm³/mol. The van der Waals surface area contributed by atoms with Gasteiger partial charge in [-0.15, -0.1) is 0 Å². The number of rotatable bonds is 1. The summed E-state index contributed by atoms with van der Waals surface area (Å²) in [6.45, 7) is 0. The minimum atomic E-state index is -0.732. The Hall–Kier alpha value is -1.69. The summed E-state index contributed by atoms with van der Waals surface area (Å²) in [4.78, 5) is 14.7. The molecule has 0 aliphatic heterocycles. The molecular weight excluding hydrogens is 201 g/mol. The van der Waals surface area contributed by atoms with E-state index in [1.165, 1.54) is 0 Å². The van der Waals surface area contributed by atoms with E-state index in [0.717, 1.165) is 10.8 Å². The highest BCUT2D eigenvalue weighted by Gasteiger charge is 2.20. The number of anilines is 1. The lowest BCUT2D eigenvalue weighted by molar-refractivity contribution is 0.209. The molecule has 0 fully saturated rings. The highest BCUT2D eigenvalue weighted by atomic mass is 19.1. The average Bonchev–Trinajstić information content (AvgIpc) is 2.58. The normalized spacial score (nSPS) is 24.7. The van der Waals surface area contributed by atoms with Crippen LogP contribution < -0.4 is 11.4 Å². The molecule has 1 aliphatic carbocycles. The van der Waals surface area contributed by atoms with Crippen molar-refractivity contribution >= 4 is 5.82 Å². The van der Waals surface area contributed by atoms with E-state index in [1.807, 2.05) is 0 Å². The van der Waals surface area contributed by atoms with Gasteiger partial charge >= 0.3 is 5.69 Å². The number of nitrogen functional groups attached to an aromatic ring is 1. The van der Waals surface area contributed by atoms with Crippen molar-refractivity contribution in [3.8, 4) is 0 Å². The molecule has 1 aromatic heterocycles. The van der Waals surface area contributed by atoms with E-state index in [9.17, 15) is 14.3 Å². The van der Waals surface area contributed by atoms with Gasteiger partial charge in [0, 0.05) is 12.6 Å². The Morgan fingerprint density at radius 3 is 2.93 bits per heavy atom. The second-order valence-electron chi connectivity index (χ2n) is 3.42. The number of hydrogen-bond acceptors (Lipinski definition) is 4. The maximum atomic E-state index is 13.1. The van der Waals surface area contributed by atoms with Crippen LogP contribution in [0.5, 0.6) is 0 Å². The molecule has 1 aliphatic rings. The Kier molecular flexibility index (Phi) is 2.28. The lowest BCUT2D eigenvalue weighted by atomic mass is 10.2. The molecule has 1 heterocycles. The van der Waals surface area contributed by atoms with Crippen molar-refractivity contribution < 1.29 is 9.50 Å². The molecule has 0 spiro atoms. The molecule has 0 amide bonds. The number of aromatic nitrogens is 2. The van der Waals surface area contributed by atoms with Crippen molar-refractivity contribution in [3.05, 3.63) is 34.7 Å². The molecular formula is C9H10FN3O2. The van der Waals surface area contributed by atoms with Crippen LogP contribution in [0, 0.1) is 5.82 Å². The first-order valence-corrected chi connectivity index (χ1v) is 4.48. The van der Waals surface area contributed by atoms with Gasteiger partial charge in [0.15, 0.2) is 11.6 Å². The number of aliphatic hydroxyl groups is 1. The average molecular weight is 211 g/mol. The summed E-state index contributed by atoms with van der Waals surface area (Å²) in [6, 6.07) is -0.352. The van der Waals surface area contributed by atoms with Crippen LogP contribution in [0.4, 0.5) is 10.2 Å². The zero-order valence-corrected chi connectivity index (χ0v) is 7.80. The highest BCUT2D eigenvalue weighted by molar-refractivity contribution is 5.27. The summed E-state index contributed by atoms with van der Waals surface area (Å²) in [7, 11) is 0. The van der Waals surface area contributed by atoms with Crippen LogP contribution in [-0.2, 0) is 0 Å². The SMILES string of the molecule is Nc1nc(=O)n(C2C=CC(O)C2)cc1F. The van der Waals surface area contributed by atoms with Crippen LogP contribution in [0.15, 0.2) is 23.1 Å². The minimum Gasteiger partial charge on any atom is -0.389 e. The summed E-state index contributed by atoms with van der Waals surface area (Å²) >= 11 is 0. The van der Waals surface area contributed by atoms with Gasteiger partial charge in [0.25, 0.3) is 0 Å². The molecule has 0 radical (unpaired) electrons. The van der Waals surface area contributed by atoms with Crippen molar-refractivity contribution in [1.29, 1.82) is 0 Å². The number of aliphatic hydroxyl groups excluding tert-OH is 1. The largest absolute Gasteiger partial charge is 0.389 e. The lowest BCUT2D eigenvalue weighted by Gasteiger charge is -2.12. The lowest BCUT2D eigenvalue weighted by Crippen LogP contribution is -2.27. The third-order valence-electron chi connectivity index (χ3n) is 2.33. The summed E-state index contributed by atoms with van der Waals surface area (Å²) in [6.07, 6.45) is 3.97. The maximum Gasteiger partial charge on any atom is 0.350 e. The quantitative estimate of drug-likeness (QED) is 0.632. The van der Waals surface area contributed by atoms with Crippen molar-refractivity contribution in [1.82, 2.24) is 9.55 Å². The minimum absolute atomic E-state index is 0.352. The van der Waals surface area contributed by atoms with E-state index in [-0.39, 0.29) is 6.04 Å². The fraction of sp³-hybridized carbons (Fsp3) is 0.333. The first-order valence-electron chi connectivity index (χ1n) is 4.48. The van der Waals surface area contributed by atoms with Crippen LogP contribution in [0.1, 0.15) is 12.5 Å². The number of halogens is 1. The van der Waals surface area contributed by atoms with Gasteiger partial charge < -0.3 is 10.8 Å². The Bertz CT molecular complexity index is 469. The van der Waals surface area contributed by atoms with Crippen LogP contribution in [0.25, 0.3) is 0 Å². The molecule has 3 N–H and O–H groups in total. The van der Waals surface area contributed by atoms with Crippen molar-refractivity contribution in [2.24, 2.45) is 0 Å². The monoisotopic (exact) mass is 211 g/mol. The fourth-order valence-electron chi connectivity index (χ4n) is 1.56. The Balaban J connectivity index is 2.41. The number of nitrogens with two attached hydrogens (primary N) is 1. The molecule has 80 valence electrons. The topological polar surface area (TPSA) is 81.1 Å². The van der Waals surface area contributed by atoms with Gasteiger partial charge in [0.05, 0.1) is 12.1 Å². The molecule has 0 aromatic carbocycles. The maximum absolute atomic E-state index is 13.1. The standard InChI is InChI=1S/C9H10FN3O2/c10-7-4-13(9(15)12-8(7)11)5-1-2-6(14)3-5/h1-2,4-6,14H,3H2,(H2,11,12,15). The van der Waals surface area contributed by atoms with E-state index in [4.69, 9.17) is 5.73 Å². The van der Waals surface area contributed by atoms with Crippen LogP contribution in [0.2, 0.25) is 0 Å². The van der Waals surface area contributed by atoms with Gasteiger partial charge in [-0.3, -0.25) is 4.57 Å². The number of nitrogens with zero attached hydrogens (tertiary/aromatic N) is 2. The third kappa shape index (κ3) is 1.75. The number of hydrogen-bond donors (Lipinski definition) is 2. The van der Waals surface area contributed by atoms with Gasteiger partial charge in [-0.25, -0.2) is 9.18 Å². The summed E-state index contributed by atoms with van der Waals surface area (Å²) in [5, 5.41) is 9.23. The predicted octanol–water partition coefficient (Wildman–Crippen LogP) is -0.174. The second-order valence-corrected chi connectivity index (χ2v) is 3.42. The molecule has 2 rings (SSSR count). The van der Waals surface area contributed by atoms with Crippen molar-refractivity contribution in [3.63, 3.8) is 0 Å². The summed E-state index contributed by atoms with van der Waals surface area (Å²) in [5.74, 6) is -1.14. The summed E-state index contributed by atoms with van der Waals surface area (Å²) < 4.78 is 14.2. The zero-order valence-electron chi connectivity index (χ0n) is 7.80. The summed E-state index contributed by atoms with van der Waals surface area (Å²) in [5.41, 5.74) is 4.54. The molecule has 5 nitrogen and oxygen atoms in total. The molecule has 2 unspecified atom stereocenters. The third-order valence-corrected chi connectivity index (χ3v) is 2.33. The Morgan fingerprint density at radius 2 is 2.33 bits per heavy atom. The highest BCUT2D eigenvalue weighted by Crippen LogP contribution is 2.21. The second kappa shape index (κ2) is 3.47. The van der Waals surface area contributed by atoms with Crippen molar-refractivity contribution in [2.45, 2.75) is 18.6 Å². The molecule has 0 bridgehead atoms. The van der Waals surface area contributed by atoms with E-state index >= 15 is 0 Å². The fourth-order valence-corrected chi connectivity index (χ4v) is 1.56. The molecule has 1 aromatic rings. The van der Waals surface area contributed by atoms with E-state index in [1.54, 1.807) is 12.2 Å². The van der Waals surface area contributed by atoms with E-state index < -0.39 is 23.4 Å². The van der Waals surface area contributed by atoms with Gasteiger partial charge in [0.1, 0.15) is 0 Å². The van der Waals surface area contributed by atoms with Crippen LogP contribution in [0.3, 0.4) is 0 Å². The Labute approximate surface area is 84.7 Å². The molecule has 0 saturated carbocycles. The number of allylic oxidation sites excluding steroid dienone is 1. The van der Waals surface area contributed by atoms with Crippen LogP contribution in [-0.4, -0.2) is 20.8 Å². The van der Waals surface area contributed by atoms with Gasteiger partial charge in [-0.2, -0.15) is 4.98 Å². The van der Waals surface area contributed by atoms with E-state index in [2.05, 4.69) is 4.98 Å². The molecule has 0 saturated heterocycles. The van der Waals surface area contributed by atoms with Crippen molar-refractivity contribution in [2.75, 3.05) is 5.73 Å². The van der Waals surface area contributed by atoms with Gasteiger partial charge in [-0.1, -0.05) is 12.2 Å². The first-order chi connectivity index (χ1) is 7.08. The molecule has 2 atom stereocenters.